The maximum Gasteiger partial charge on any atom is 0.249 e. The predicted octanol–water partition coefficient (Wildman–Crippen LogP) is 1.41. The van der Waals surface area contributed by atoms with Crippen molar-refractivity contribution in [3.63, 3.8) is 0 Å². The van der Waals surface area contributed by atoms with E-state index in [0.29, 0.717) is 31.6 Å². The molecule has 14 nitrogen and oxygen atoms in total. The Hall–Kier alpha value is -5.24. The molecule has 0 bridgehead atoms. The number of nitrogens with one attached hydrogen (secondary N) is 3. The molecule has 46 heavy (non-hydrogen) atoms. The number of nitrogens with zero attached hydrogens (tertiary/aromatic N) is 4. The number of amides is 2. The minimum absolute atomic E-state index is 0.0383. The number of imidazole rings is 1. The van der Waals surface area contributed by atoms with E-state index in [-0.39, 0.29) is 30.4 Å². The first-order chi connectivity index (χ1) is 22.1. The maximum absolute atomic E-state index is 14.0. The molecule has 2 amide bonds. The molecule has 4 rings (SSSR count). The van der Waals surface area contributed by atoms with E-state index >= 15 is 0 Å². The third-order valence-corrected chi connectivity index (χ3v) is 7.58. The number of hydrogen-bond acceptors (Lipinski definition) is 9. The molecular formula is C32H42N10O4. The Morgan fingerprint density at radius 3 is 2.46 bits per heavy atom. The highest BCUT2D eigenvalue weighted by Crippen LogP contribution is 2.23. The molecule has 2 aromatic heterocycles. The van der Waals surface area contributed by atoms with Gasteiger partial charge < -0.3 is 42.4 Å². The molecule has 0 saturated carbocycles. The summed E-state index contributed by atoms with van der Waals surface area (Å²) in [6.45, 7) is 4.00. The molecule has 4 aromatic rings. The van der Waals surface area contributed by atoms with Crippen LogP contribution in [0.2, 0.25) is 0 Å². The average Bonchev–Trinajstić information content (AvgIpc) is 3.72. The van der Waals surface area contributed by atoms with Crippen molar-refractivity contribution in [3.8, 4) is 5.75 Å². The molecular weight excluding hydrogens is 588 g/mol. The standard InChI is InChI=1S/C32H42N10O4/c1-19-13-23(43)14-20(2)24(19)16-26(39-29(44)25(33)9-6-12-37-32(34)35)30(45)40-27(15-22-17-36-18-38-22)31-41-28(42-46-31)11-10-21-7-4-3-5-8-21/h3-5,7-8,13-14,17-18,25-27,43H,6,9-12,15-16,33H2,1-2H3,(H,36,38)(H,39,44)(H,40,45)(H4,34,35,37)/t25-,26+,27+/m1/s1. The number of aromatic hydroxyl groups is 1. The molecule has 0 unspecified atom stereocenters. The number of H-pyrrole nitrogens is 1. The van der Waals surface area contributed by atoms with Gasteiger partial charge in [-0.3, -0.25) is 14.6 Å². The third-order valence-electron chi connectivity index (χ3n) is 7.58. The van der Waals surface area contributed by atoms with Gasteiger partial charge in [0.25, 0.3) is 0 Å². The molecule has 10 N–H and O–H groups in total. The Labute approximate surface area is 267 Å². The number of guanidine groups is 1. The number of phenols is 1. The zero-order valence-electron chi connectivity index (χ0n) is 26.1. The van der Waals surface area contributed by atoms with Crippen LogP contribution in [0.3, 0.4) is 0 Å². The summed E-state index contributed by atoms with van der Waals surface area (Å²) in [6, 6.07) is 10.6. The first kappa shape index (κ1) is 33.6. The summed E-state index contributed by atoms with van der Waals surface area (Å²) in [5.74, 6) is -0.153. The number of aromatic nitrogens is 4. The fourth-order valence-corrected chi connectivity index (χ4v) is 5.14. The fourth-order valence-electron chi connectivity index (χ4n) is 5.14. The van der Waals surface area contributed by atoms with Crippen molar-refractivity contribution in [2.45, 2.75) is 70.5 Å². The van der Waals surface area contributed by atoms with Crippen LogP contribution in [0.5, 0.6) is 5.75 Å². The molecule has 0 aliphatic rings. The largest absolute Gasteiger partial charge is 0.508 e. The van der Waals surface area contributed by atoms with Crippen LogP contribution in [0.15, 0.2) is 64.5 Å². The van der Waals surface area contributed by atoms with E-state index in [0.717, 1.165) is 34.4 Å². The zero-order valence-corrected chi connectivity index (χ0v) is 26.1. The molecule has 3 atom stereocenters. The van der Waals surface area contributed by atoms with Crippen LogP contribution in [-0.4, -0.2) is 61.6 Å². The van der Waals surface area contributed by atoms with Gasteiger partial charge in [0.1, 0.15) is 17.8 Å². The quantitative estimate of drug-likeness (QED) is 0.0534. The lowest BCUT2D eigenvalue weighted by Crippen LogP contribution is -2.53. The van der Waals surface area contributed by atoms with Crippen molar-refractivity contribution < 1.29 is 19.2 Å². The second kappa shape index (κ2) is 16.2. The molecule has 0 saturated heterocycles. The van der Waals surface area contributed by atoms with Gasteiger partial charge in [-0.05, 0) is 67.5 Å². The predicted molar refractivity (Wildman–Crippen MR) is 172 cm³/mol. The van der Waals surface area contributed by atoms with Crippen molar-refractivity contribution in [2.75, 3.05) is 6.54 Å². The molecule has 0 spiro atoms. The van der Waals surface area contributed by atoms with E-state index < -0.39 is 29.9 Å². The summed E-state index contributed by atoms with van der Waals surface area (Å²) >= 11 is 0. The molecule has 2 heterocycles. The monoisotopic (exact) mass is 630 g/mol. The van der Waals surface area contributed by atoms with Gasteiger partial charge in [0.2, 0.25) is 17.7 Å². The van der Waals surface area contributed by atoms with Gasteiger partial charge in [-0.1, -0.05) is 35.5 Å². The third kappa shape index (κ3) is 9.89. The van der Waals surface area contributed by atoms with Gasteiger partial charge >= 0.3 is 0 Å². The summed E-state index contributed by atoms with van der Waals surface area (Å²) in [6.07, 6.45) is 5.70. The van der Waals surface area contributed by atoms with Gasteiger partial charge in [0.05, 0.1) is 12.4 Å². The van der Waals surface area contributed by atoms with Crippen LogP contribution >= 0.6 is 0 Å². The van der Waals surface area contributed by atoms with E-state index in [1.807, 2.05) is 44.2 Å². The highest BCUT2D eigenvalue weighted by atomic mass is 16.5. The molecule has 0 radical (unpaired) electrons. The highest BCUT2D eigenvalue weighted by Gasteiger charge is 2.30. The Balaban J connectivity index is 1.54. The number of aryl methyl sites for hydroxylation is 4. The molecule has 14 heteroatoms. The number of nitrogens with two attached hydrogens (primary N) is 3. The Bertz CT molecular complexity index is 1580. The number of carbonyl (C=O) groups is 2. The Morgan fingerprint density at radius 1 is 1.04 bits per heavy atom. The van der Waals surface area contributed by atoms with Crippen LogP contribution in [-0.2, 0) is 35.3 Å². The van der Waals surface area contributed by atoms with E-state index in [4.69, 9.17) is 21.7 Å². The van der Waals surface area contributed by atoms with Gasteiger partial charge in [0.15, 0.2) is 11.8 Å². The van der Waals surface area contributed by atoms with Gasteiger partial charge in [-0.15, -0.1) is 0 Å². The summed E-state index contributed by atoms with van der Waals surface area (Å²) in [5, 5.41) is 20.1. The number of carbonyl (C=O) groups excluding carboxylic acids is 2. The highest BCUT2D eigenvalue weighted by molar-refractivity contribution is 5.90. The first-order valence-electron chi connectivity index (χ1n) is 15.1. The van der Waals surface area contributed by atoms with Crippen molar-refractivity contribution in [1.29, 1.82) is 0 Å². The lowest BCUT2D eigenvalue weighted by molar-refractivity contribution is -0.130. The number of phenolic OH excluding ortho intramolecular Hbond substituents is 1. The van der Waals surface area contributed by atoms with Crippen LogP contribution in [0.25, 0.3) is 0 Å². The van der Waals surface area contributed by atoms with Crippen molar-refractivity contribution in [3.05, 3.63) is 94.7 Å². The topological polar surface area (TPSA) is 236 Å². The SMILES string of the molecule is Cc1cc(O)cc(C)c1C[C@H](NC(=O)[C@H](N)CCCN=C(N)N)C(=O)N[C@@H](Cc1cnc[nH]1)c1nc(CCc2ccccc2)no1. The van der Waals surface area contributed by atoms with Gasteiger partial charge in [0, 0.05) is 37.7 Å². The van der Waals surface area contributed by atoms with Gasteiger partial charge in [-0.25, -0.2) is 4.98 Å². The van der Waals surface area contributed by atoms with Crippen LogP contribution in [0.1, 0.15) is 58.5 Å². The lowest BCUT2D eigenvalue weighted by atomic mass is 9.95. The normalized spacial score (nSPS) is 13.0. The summed E-state index contributed by atoms with van der Waals surface area (Å²) < 4.78 is 5.63. The van der Waals surface area contributed by atoms with Crippen molar-refractivity contribution in [1.82, 2.24) is 30.7 Å². The van der Waals surface area contributed by atoms with Crippen LogP contribution < -0.4 is 27.8 Å². The minimum Gasteiger partial charge on any atom is -0.508 e. The second-order valence-electron chi connectivity index (χ2n) is 11.3. The van der Waals surface area contributed by atoms with Crippen molar-refractivity contribution >= 4 is 17.8 Å². The van der Waals surface area contributed by atoms with Crippen LogP contribution in [0.4, 0.5) is 0 Å². The summed E-state index contributed by atoms with van der Waals surface area (Å²) in [4.78, 5) is 42.8. The maximum atomic E-state index is 14.0. The van der Waals surface area contributed by atoms with Crippen molar-refractivity contribution in [2.24, 2.45) is 22.2 Å². The number of aliphatic imine (C=N–C) groups is 1. The van der Waals surface area contributed by atoms with Gasteiger partial charge in [-0.2, -0.15) is 4.98 Å². The van der Waals surface area contributed by atoms with E-state index in [1.54, 1.807) is 24.7 Å². The number of hydrogen-bond donors (Lipinski definition) is 7. The molecule has 0 aliphatic carbocycles. The average molecular weight is 631 g/mol. The smallest absolute Gasteiger partial charge is 0.249 e. The molecule has 244 valence electrons. The summed E-state index contributed by atoms with van der Waals surface area (Å²) in [7, 11) is 0. The number of benzene rings is 2. The lowest BCUT2D eigenvalue weighted by Gasteiger charge is -2.24. The zero-order chi connectivity index (χ0) is 33.1. The Kier molecular flexibility index (Phi) is 11.8. The summed E-state index contributed by atoms with van der Waals surface area (Å²) in [5.41, 5.74) is 21.2. The molecule has 2 aromatic carbocycles. The Morgan fingerprint density at radius 2 is 1.78 bits per heavy atom. The second-order valence-corrected chi connectivity index (χ2v) is 11.3. The van der Waals surface area contributed by atoms with E-state index in [1.165, 1.54) is 0 Å². The number of aromatic amines is 1. The minimum atomic E-state index is -1.01. The van der Waals surface area contributed by atoms with Crippen LogP contribution in [0, 0.1) is 13.8 Å². The fraction of sp³-hybridized carbons (Fsp3) is 0.375. The first-order valence-corrected chi connectivity index (χ1v) is 15.1. The molecule has 0 aliphatic heterocycles. The van der Waals surface area contributed by atoms with E-state index in [9.17, 15) is 14.7 Å². The van der Waals surface area contributed by atoms with E-state index in [2.05, 4.69) is 35.7 Å². The molecule has 0 fully saturated rings. The number of rotatable bonds is 16.